The number of rotatable bonds is 3. The van der Waals surface area contributed by atoms with E-state index in [1.54, 1.807) is 0 Å². The largest absolute Gasteiger partial charge is 0.389 e. The number of hydrogen-bond acceptors (Lipinski definition) is 1. The van der Waals surface area contributed by atoms with Gasteiger partial charge in [-0.05, 0) is 13.3 Å². The Morgan fingerprint density at radius 2 is 1.91 bits per heavy atom. The Morgan fingerprint density at radius 1 is 1.45 bits per heavy atom. The van der Waals surface area contributed by atoms with E-state index in [1.807, 2.05) is 13.8 Å². The summed E-state index contributed by atoms with van der Waals surface area (Å²) in [5, 5.41) is 9.44. The fourth-order valence-electron chi connectivity index (χ4n) is 1.10. The van der Waals surface area contributed by atoms with Crippen LogP contribution in [0.3, 0.4) is 0 Å². The topological polar surface area (TPSA) is 20.2 Å². The predicted octanol–water partition coefficient (Wildman–Crippen LogP) is 2.58. The second-order valence-electron chi connectivity index (χ2n) is 4.18. The fourth-order valence-corrected chi connectivity index (χ4v) is 2.66. The molecule has 0 radical (unpaired) electrons. The van der Waals surface area contributed by atoms with Crippen molar-refractivity contribution >= 4 is 8.07 Å². The van der Waals surface area contributed by atoms with Crippen molar-refractivity contribution in [2.75, 3.05) is 0 Å². The van der Waals surface area contributed by atoms with E-state index < -0.39 is 8.07 Å². The van der Waals surface area contributed by atoms with Crippen LogP contribution in [0.5, 0.6) is 0 Å². The SMILES string of the molecule is CCC(O)C(C)=C[Si](C)(C)C. The summed E-state index contributed by atoms with van der Waals surface area (Å²) < 4.78 is 0. The zero-order valence-corrected chi connectivity index (χ0v) is 9.31. The van der Waals surface area contributed by atoms with Gasteiger partial charge in [-0.2, -0.15) is 0 Å². The molecule has 0 amide bonds. The zero-order valence-electron chi connectivity index (χ0n) is 8.31. The Morgan fingerprint density at radius 3 is 2.18 bits per heavy atom. The lowest BCUT2D eigenvalue weighted by Gasteiger charge is -2.15. The van der Waals surface area contributed by atoms with E-state index in [4.69, 9.17) is 0 Å². The Balaban J connectivity index is 4.22. The quantitative estimate of drug-likeness (QED) is 0.649. The summed E-state index contributed by atoms with van der Waals surface area (Å²) in [5.41, 5.74) is 3.41. The van der Waals surface area contributed by atoms with E-state index in [9.17, 15) is 5.11 Å². The Bertz CT molecular complexity index is 144. The first-order chi connectivity index (χ1) is 4.87. The van der Waals surface area contributed by atoms with E-state index in [-0.39, 0.29) is 6.10 Å². The lowest BCUT2D eigenvalue weighted by Crippen LogP contribution is -2.19. The molecule has 1 unspecified atom stereocenters. The zero-order chi connectivity index (χ0) is 9.07. The van der Waals surface area contributed by atoms with Gasteiger partial charge in [-0.3, -0.25) is 0 Å². The summed E-state index contributed by atoms with van der Waals surface area (Å²) in [7, 11) is -1.12. The molecule has 0 spiro atoms. The van der Waals surface area contributed by atoms with Gasteiger partial charge in [-0.15, -0.1) is 0 Å². The first-order valence-electron chi connectivity index (χ1n) is 4.24. The maximum atomic E-state index is 9.44. The van der Waals surface area contributed by atoms with Gasteiger partial charge in [0.05, 0.1) is 14.2 Å². The van der Waals surface area contributed by atoms with Gasteiger partial charge in [-0.25, -0.2) is 0 Å². The average molecular weight is 172 g/mol. The second-order valence-corrected chi connectivity index (χ2v) is 9.20. The molecule has 1 N–H and O–H groups in total. The van der Waals surface area contributed by atoms with Crippen LogP contribution < -0.4 is 0 Å². The van der Waals surface area contributed by atoms with Crippen LogP contribution in [0.1, 0.15) is 20.3 Å². The highest BCUT2D eigenvalue weighted by Gasteiger charge is 2.11. The molecular formula is C9H20OSi. The normalized spacial score (nSPS) is 16.7. The fraction of sp³-hybridized carbons (Fsp3) is 0.778. The van der Waals surface area contributed by atoms with Crippen molar-refractivity contribution in [1.82, 2.24) is 0 Å². The molecule has 0 aliphatic carbocycles. The van der Waals surface area contributed by atoms with E-state index in [1.165, 1.54) is 0 Å². The van der Waals surface area contributed by atoms with Gasteiger partial charge in [0.2, 0.25) is 0 Å². The Hall–Kier alpha value is -0.0831. The lowest BCUT2D eigenvalue weighted by atomic mass is 10.1. The molecule has 1 atom stereocenters. The van der Waals surface area contributed by atoms with E-state index in [0.717, 1.165) is 12.0 Å². The molecule has 0 saturated heterocycles. The van der Waals surface area contributed by atoms with Crippen LogP contribution in [-0.2, 0) is 0 Å². The standard InChI is InChI=1S/C9H20OSi/c1-6-9(10)8(2)7-11(3,4)5/h7,9-10H,6H2,1-5H3. The van der Waals surface area contributed by atoms with Gasteiger partial charge in [0, 0.05) is 0 Å². The molecule has 1 nitrogen and oxygen atoms in total. The average Bonchev–Trinajstić information content (AvgIpc) is 1.82. The first kappa shape index (κ1) is 10.9. The molecule has 0 aliphatic heterocycles. The molecule has 0 heterocycles. The third kappa shape index (κ3) is 5.22. The van der Waals surface area contributed by atoms with Crippen molar-refractivity contribution in [3.63, 3.8) is 0 Å². The Labute approximate surface area is 71.1 Å². The molecule has 2 heteroatoms. The minimum absolute atomic E-state index is 0.221. The van der Waals surface area contributed by atoms with Crippen LogP contribution >= 0.6 is 0 Å². The van der Waals surface area contributed by atoms with Crippen molar-refractivity contribution < 1.29 is 5.11 Å². The lowest BCUT2D eigenvalue weighted by molar-refractivity contribution is 0.207. The highest BCUT2D eigenvalue weighted by Crippen LogP contribution is 2.11. The van der Waals surface area contributed by atoms with E-state index in [2.05, 4.69) is 25.3 Å². The van der Waals surface area contributed by atoms with Gasteiger partial charge in [-0.1, -0.05) is 37.8 Å². The maximum Gasteiger partial charge on any atom is 0.0741 e. The van der Waals surface area contributed by atoms with Crippen LogP contribution in [0.2, 0.25) is 19.6 Å². The Kier molecular flexibility index (Phi) is 4.04. The van der Waals surface area contributed by atoms with Gasteiger partial charge >= 0.3 is 0 Å². The highest BCUT2D eigenvalue weighted by atomic mass is 28.3. The smallest absolute Gasteiger partial charge is 0.0741 e. The minimum Gasteiger partial charge on any atom is -0.389 e. The highest BCUT2D eigenvalue weighted by molar-refractivity contribution is 6.81. The third-order valence-electron chi connectivity index (χ3n) is 1.57. The molecule has 0 aromatic rings. The molecule has 0 aromatic heterocycles. The van der Waals surface area contributed by atoms with Crippen molar-refractivity contribution in [1.29, 1.82) is 0 Å². The third-order valence-corrected chi connectivity index (χ3v) is 2.89. The van der Waals surface area contributed by atoms with Gasteiger partial charge in [0.15, 0.2) is 0 Å². The molecule has 0 fully saturated rings. The summed E-state index contributed by atoms with van der Waals surface area (Å²) >= 11 is 0. The predicted molar refractivity (Wildman–Crippen MR) is 53.4 cm³/mol. The molecule has 0 bridgehead atoms. The van der Waals surface area contributed by atoms with Crippen molar-refractivity contribution in [2.45, 2.75) is 46.0 Å². The van der Waals surface area contributed by atoms with Crippen LogP contribution in [0.25, 0.3) is 0 Å². The van der Waals surface area contributed by atoms with Crippen LogP contribution in [0, 0.1) is 0 Å². The minimum atomic E-state index is -1.12. The number of aliphatic hydroxyl groups is 1. The van der Waals surface area contributed by atoms with E-state index in [0.29, 0.717) is 0 Å². The molecule has 0 aromatic carbocycles. The maximum absolute atomic E-state index is 9.44. The van der Waals surface area contributed by atoms with Gasteiger partial charge in [0.25, 0.3) is 0 Å². The van der Waals surface area contributed by atoms with Gasteiger partial charge in [0.1, 0.15) is 0 Å². The molecule has 0 rings (SSSR count). The van der Waals surface area contributed by atoms with Crippen molar-refractivity contribution in [2.24, 2.45) is 0 Å². The molecular weight excluding hydrogens is 152 g/mol. The molecule has 0 aliphatic rings. The molecule has 0 saturated carbocycles. The van der Waals surface area contributed by atoms with E-state index >= 15 is 0 Å². The summed E-state index contributed by atoms with van der Waals surface area (Å²) in [6.07, 6.45) is 0.606. The molecule has 66 valence electrons. The summed E-state index contributed by atoms with van der Waals surface area (Å²) in [6.45, 7) is 10.9. The van der Waals surface area contributed by atoms with Crippen LogP contribution in [0.15, 0.2) is 11.3 Å². The molecule has 11 heavy (non-hydrogen) atoms. The first-order valence-corrected chi connectivity index (χ1v) is 7.82. The summed E-state index contributed by atoms with van der Waals surface area (Å²) in [5.74, 6) is 0. The van der Waals surface area contributed by atoms with Crippen molar-refractivity contribution in [3.05, 3.63) is 11.3 Å². The van der Waals surface area contributed by atoms with Crippen LogP contribution in [-0.4, -0.2) is 19.3 Å². The number of aliphatic hydroxyl groups excluding tert-OH is 1. The van der Waals surface area contributed by atoms with Gasteiger partial charge < -0.3 is 5.11 Å². The van der Waals surface area contributed by atoms with Crippen molar-refractivity contribution in [3.8, 4) is 0 Å². The van der Waals surface area contributed by atoms with Crippen LogP contribution in [0.4, 0.5) is 0 Å². The summed E-state index contributed by atoms with van der Waals surface area (Å²) in [4.78, 5) is 0. The second kappa shape index (κ2) is 4.07. The summed E-state index contributed by atoms with van der Waals surface area (Å²) in [6, 6.07) is 0. The number of hydrogen-bond donors (Lipinski definition) is 1. The monoisotopic (exact) mass is 172 g/mol.